The second-order valence-electron chi connectivity index (χ2n) is 8.47. The summed E-state index contributed by atoms with van der Waals surface area (Å²) in [6.07, 6.45) is 2.94. The zero-order valence-electron chi connectivity index (χ0n) is 18.4. The number of benzene rings is 1. The molecule has 2 atom stereocenters. The van der Waals surface area contributed by atoms with Gasteiger partial charge < -0.3 is 19.9 Å². The Morgan fingerprint density at radius 1 is 1.26 bits per heavy atom. The summed E-state index contributed by atoms with van der Waals surface area (Å²) >= 11 is 0. The van der Waals surface area contributed by atoms with Gasteiger partial charge in [0.2, 0.25) is 11.8 Å². The summed E-state index contributed by atoms with van der Waals surface area (Å²) in [7, 11) is 1.50. The minimum atomic E-state index is -0.617. The van der Waals surface area contributed by atoms with Gasteiger partial charge in [-0.15, -0.1) is 0 Å². The molecular weight excluding hydrogens is 398 g/mol. The highest BCUT2D eigenvalue weighted by atomic mass is 16.5. The molecule has 0 unspecified atom stereocenters. The topological polar surface area (TPSA) is 96.0 Å². The van der Waals surface area contributed by atoms with E-state index in [1.54, 1.807) is 4.90 Å². The van der Waals surface area contributed by atoms with Crippen LogP contribution in [0.5, 0.6) is 0 Å². The molecule has 8 heteroatoms. The van der Waals surface area contributed by atoms with Gasteiger partial charge in [0.1, 0.15) is 0 Å². The Balaban J connectivity index is 1.52. The lowest BCUT2D eigenvalue weighted by Crippen LogP contribution is -2.41. The number of esters is 1. The summed E-state index contributed by atoms with van der Waals surface area (Å²) in [4.78, 5) is 52.0. The van der Waals surface area contributed by atoms with Crippen LogP contribution in [-0.2, 0) is 23.9 Å². The Morgan fingerprint density at radius 2 is 1.97 bits per heavy atom. The molecule has 1 aromatic carbocycles. The average Bonchev–Trinajstić information content (AvgIpc) is 3.48. The highest BCUT2D eigenvalue weighted by Gasteiger charge is 2.37. The van der Waals surface area contributed by atoms with Gasteiger partial charge in [-0.25, -0.2) is 0 Å². The van der Waals surface area contributed by atoms with Crippen molar-refractivity contribution in [2.45, 2.75) is 51.5 Å². The van der Waals surface area contributed by atoms with Crippen LogP contribution in [0, 0.1) is 5.92 Å². The molecule has 1 saturated heterocycles. The molecule has 1 saturated carbocycles. The molecule has 0 bridgehead atoms. The van der Waals surface area contributed by atoms with Crippen LogP contribution >= 0.6 is 0 Å². The molecule has 0 aromatic heterocycles. The van der Waals surface area contributed by atoms with Gasteiger partial charge in [-0.3, -0.25) is 19.2 Å². The number of nitrogens with zero attached hydrogens (tertiary/aromatic N) is 2. The Hall–Kier alpha value is -2.90. The van der Waals surface area contributed by atoms with Crippen LogP contribution in [-0.4, -0.2) is 61.4 Å². The molecular formula is C23H31N3O5. The number of amides is 3. The molecule has 1 N–H and O–H groups in total. The first-order valence-corrected chi connectivity index (χ1v) is 10.9. The summed E-state index contributed by atoms with van der Waals surface area (Å²) in [5, 5.41) is 2.81. The van der Waals surface area contributed by atoms with Crippen molar-refractivity contribution in [1.29, 1.82) is 0 Å². The molecule has 0 radical (unpaired) electrons. The van der Waals surface area contributed by atoms with Crippen molar-refractivity contribution in [1.82, 2.24) is 10.2 Å². The van der Waals surface area contributed by atoms with Crippen LogP contribution in [0.4, 0.5) is 5.69 Å². The van der Waals surface area contributed by atoms with E-state index in [0.29, 0.717) is 5.92 Å². The third-order valence-electron chi connectivity index (χ3n) is 5.92. The van der Waals surface area contributed by atoms with E-state index in [1.165, 1.54) is 11.9 Å². The van der Waals surface area contributed by atoms with E-state index >= 15 is 0 Å². The standard InChI is InChI=1S/C23H31N3O5/c1-4-15(2)18-7-5-6-8-19(18)26-12-16(11-21(26)28)23(30)31-14-22(29)25(3)13-20(27)24-17-9-10-17/h5-8,15-17H,4,9-14H2,1-3H3,(H,24,27)/t15-,16+/m1/s1. The molecule has 3 rings (SSSR count). The molecule has 31 heavy (non-hydrogen) atoms. The van der Waals surface area contributed by atoms with Gasteiger partial charge in [0.25, 0.3) is 5.91 Å². The second-order valence-corrected chi connectivity index (χ2v) is 8.47. The van der Waals surface area contributed by atoms with Crippen LogP contribution < -0.4 is 10.2 Å². The van der Waals surface area contributed by atoms with E-state index in [1.807, 2.05) is 24.3 Å². The first kappa shape index (κ1) is 22.8. The van der Waals surface area contributed by atoms with E-state index in [9.17, 15) is 19.2 Å². The minimum Gasteiger partial charge on any atom is -0.455 e. The van der Waals surface area contributed by atoms with Gasteiger partial charge in [-0.1, -0.05) is 32.0 Å². The molecule has 1 heterocycles. The molecule has 8 nitrogen and oxygen atoms in total. The van der Waals surface area contributed by atoms with Crippen LogP contribution in [0.25, 0.3) is 0 Å². The van der Waals surface area contributed by atoms with Crippen LogP contribution in [0.1, 0.15) is 51.0 Å². The van der Waals surface area contributed by atoms with Gasteiger partial charge in [-0.05, 0) is 36.8 Å². The normalized spacial score (nSPS) is 19.1. The highest BCUT2D eigenvalue weighted by molar-refractivity contribution is 6.00. The van der Waals surface area contributed by atoms with E-state index in [-0.39, 0.29) is 37.4 Å². The van der Waals surface area contributed by atoms with Crippen molar-refractivity contribution in [2.75, 3.05) is 31.6 Å². The van der Waals surface area contributed by atoms with E-state index < -0.39 is 24.4 Å². The fourth-order valence-electron chi connectivity index (χ4n) is 3.63. The maximum absolute atomic E-state index is 12.6. The van der Waals surface area contributed by atoms with Crippen molar-refractivity contribution in [2.24, 2.45) is 5.92 Å². The fraction of sp³-hybridized carbons (Fsp3) is 0.565. The molecule has 3 amide bonds. The summed E-state index contributed by atoms with van der Waals surface area (Å²) in [5.41, 5.74) is 1.91. The number of hydrogen-bond acceptors (Lipinski definition) is 5. The molecule has 0 spiro atoms. The number of rotatable bonds is 9. The van der Waals surface area contributed by atoms with Crippen molar-refractivity contribution < 1.29 is 23.9 Å². The largest absolute Gasteiger partial charge is 0.455 e. The predicted molar refractivity (Wildman–Crippen MR) is 115 cm³/mol. The van der Waals surface area contributed by atoms with E-state index in [2.05, 4.69) is 19.2 Å². The molecule has 1 aliphatic carbocycles. The van der Waals surface area contributed by atoms with Gasteiger partial charge in [0.05, 0.1) is 12.5 Å². The van der Waals surface area contributed by atoms with Crippen LogP contribution in [0.2, 0.25) is 0 Å². The molecule has 2 aliphatic rings. The van der Waals surface area contributed by atoms with Crippen molar-refractivity contribution in [3.8, 4) is 0 Å². The number of para-hydroxylation sites is 1. The van der Waals surface area contributed by atoms with E-state index in [0.717, 1.165) is 30.5 Å². The third kappa shape index (κ3) is 5.83. The maximum atomic E-state index is 12.6. The number of carbonyl (C=O) groups is 4. The summed E-state index contributed by atoms with van der Waals surface area (Å²) in [6.45, 7) is 3.92. The third-order valence-corrected chi connectivity index (χ3v) is 5.92. The first-order chi connectivity index (χ1) is 14.8. The minimum absolute atomic E-state index is 0.0570. The number of carbonyl (C=O) groups excluding carboxylic acids is 4. The van der Waals surface area contributed by atoms with Crippen LogP contribution in [0.15, 0.2) is 24.3 Å². The number of anilines is 1. The summed E-state index contributed by atoms with van der Waals surface area (Å²) < 4.78 is 5.17. The molecule has 2 fully saturated rings. The molecule has 168 valence electrons. The Morgan fingerprint density at radius 3 is 2.65 bits per heavy atom. The Bertz CT molecular complexity index is 851. The number of nitrogens with one attached hydrogen (secondary N) is 1. The zero-order valence-corrected chi connectivity index (χ0v) is 18.4. The monoisotopic (exact) mass is 429 g/mol. The maximum Gasteiger partial charge on any atom is 0.311 e. The van der Waals surface area contributed by atoms with Gasteiger partial charge in [0, 0.05) is 31.7 Å². The van der Waals surface area contributed by atoms with E-state index in [4.69, 9.17) is 4.74 Å². The number of ether oxygens (including phenoxy) is 1. The van der Waals surface area contributed by atoms with Crippen molar-refractivity contribution >= 4 is 29.4 Å². The number of hydrogen-bond donors (Lipinski definition) is 1. The zero-order chi connectivity index (χ0) is 22.5. The van der Waals surface area contributed by atoms with Crippen LogP contribution in [0.3, 0.4) is 0 Å². The predicted octanol–water partition coefficient (Wildman–Crippen LogP) is 1.83. The lowest BCUT2D eigenvalue weighted by atomic mass is 9.96. The van der Waals surface area contributed by atoms with Crippen molar-refractivity contribution in [3.63, 3.8) is 0 Å². The smallest absolute Gasteiger partial charge is 0.311 e. The lowest BCUT2D eigenvalue weighted by molar-refractivity contribution is -0.155. The summed E-state index contributed by atoms with van der Waals surface area (Å²) in [6, 6.07) is 7.97. The van der Waals surface area contributed by atoms with Gasteiger partial charge in [-0.2, -0.15) is 0 Å². The summed E-state index contributed by atoms with van der Waals surface area (Å²) in [5.74, 6) is -1.70. The first-order valence-electron chi connectivity index (χ1n) is 10.9. The fourth-order valence-corrected chi connectivity index (χ4v) is 3.63. The molecule has 1 aromatic rings. The lowest BCUT2D eigenvalue weighted by Gasteiger charge is -2.23. The van der Waals surface area contributed by atoms with Gasteiger partial charge in [0.15, 0.2) is 6.61 Å². The quantitative estimate of drug-likeness (QED) is 0.604. The number of likely N-dealkylation sites (N-methyl/N-ethyl adjacent to an activating group) is 1. The molecule has 1 aliphatic heterocycles. The second kappa shape index (κ2) is 9.94. The Kier molecular flexibility index (Phi) is 7.30. The highest BCUT2D eigenvalue weighted by Crippen LogP contribution is 2.33. The van der Waals surface area contributed by atoms with Crippen molar-refractivity contribution in [3.05, 3.63) is 29.8 Å². The SMILES string of the molecule is CC[C@@H](C)c1ccccc1N1C[C@@H](C(=O)OCC(=O)N(C)CC(=O)NC2CC2)CC1=O. The Labute approximate surface area is 182 Å². The average molecular weight is 430 g/mol. The van der Waals surface area contributed by atoms with Gasteiger partial charge >= 0.3 is 5.97 Å².